The fourth-order valence-corrected chi connectivity index (χ4v) is 7.00. The van der Waals surface area contributed by atoms with Crippen LogP contribution in [0.4, 0.5) is 28.4 Å². The summed E-state index contributed by atoms with van der Waals surface area (Å²) in [7, 11) is 0. The zero-order valence-corrected chi connectivity index (χ0v) is 47.9. The van der Waals surface area contributed by atoms with E-state index in [1.807, 2.05) is 0 Å². The van der Waals surface area contributed by atoms with Gasteiger partial charge < -0.3 is 24.3 Å². The van der Waals surface area contributed by atoms with Crippen LogP contribution in [0.3, 0.4) is 0 Å². The molecule has 6 heterocycles. The second kappa shape index (κ2) is 32.2. The summed E-state index contributed by atoms with van der Waals surface area (Å²) in [5, 5.41) is 55.4. The van der Waals surface area contributed by atoms with E-state index >= 15 is 0 Å². The van der Waals surface area contributed by atoms with Crippen LogP contribution in [0.1, 0.15) is 70.2 Å². The molecular formula is C44H41Cl8N10O18+. The first-order chi connectivity index (χ1) is 37.2. The molecule has 28 nitrogen and oxygen atoms in total. The van der Waals surface area contributed by atoms with Crippen LogP contribution in [-0.2, 0) is 62.2 Å². The molecule has 6 rings (SSSR count). The van der Waals surface area contributed by atoms with E-state index in [0.29, 0.717) is 21.1 Å². The number of pyridine rings is 5. The van der Waals surface area contributed by atoms with Gasteiger partial charge in [0.1, 0.15) is 38.7 Å². The Kier molecular flexibility index (Phi) is 27.7. The molecule has 0 radical (unpaired) electrons. The topological polar surface area (TPSA) is 383 Å². The van der Waals surface area contributed by atoms with Gasteiger partial charge in [0.2, 0.25) is 23.2 Å². The van der Waals surface area contributed by atoms with Gasteiger partial charge in [0.15, 0.2) is 0 Å². The second-order valence-corrected chi connectivity index (χ2v) is 19.0. The summed E-state index contributed by atoms with van der Waals surface area (Å²) in [5.41, 5.74) is -1.80. The van der Waals surface area contributed by atoms with E-state index in [1.54, 1.807) is 47.6 Å². The van der Waals surface area contributed by atoms with Crippen molar-refractivity contribution in [2.24, 2.45) is 0 Å². The van der Waals surface area contributed by atoms with Crippen molar-refractivity contribution in [3.8, 4) is 0 Å². The van der Waals surface area contributed by atoms with Gasteiger partial charge in [0.05, 0.1) is 83.8 Å². The van der Waals surface area contributed by atoms with Gasteiger partial charge in [-0.05, 0) is 47.6 Å². The molecule has 1 aliphatic heterocycles. The number of ether oxygens (including phenoxy) is 4. The van der Waals surface area contributed by atoms with Gasteiger partial charge in [-0.3, -0.25) is 74.6 Å². The van der Waals surface area contributed by atoms with Crippen LogP contribution in [0.25, 0.3) is 0 Å². The van der Waals surface area contributed by atoms with Gasteiger partial charge in [0, 0.05) is 41.4 Å². The zero-order valence-electron chi connectivity index (χ0n) is 41.9. The van der Waals surface area contributed by atoms with E-state index < -0.39 is 72.9 Å². The number of halogens is 8. The number of carbonyl (C=O) groups is 5. The molecule has 36 heteroatoms. The standard InChI is InChI=1S/C14H17ClN2O6.C9H8Cl2N2O4.C9H10ClN2O5.C7H4Cl2N2O.C5H2Cl2N2O2/c1-5-22-12(18)10(13(19)23-14(2,3)4)11-9(17(20)21)6-8(15)7-16-11;1-2-17-8(14)4-6-7(13(15)16)3-5(10)9(11)12-6;1-2-17-9(13)4-7-8(12(15)16)3-6(10)5-11(7)14;8-3-1-4-5(11-7(3)9)2-6(12)10-4;6-3-1-4(9(10)11)5(7)8-2-3/h6-7,10H,5H2,1-4H3;3H,2,4H2,1H3;3,5,14H,2,4H2,1H3;1H,2H2,(H,10,12);1-2H/q;;+1;;. The molecule has 80 heavy (non-hydrogen) atoms. The van der Waals surface area contributed by atoms with Crippen LogP contribution in [0, 0.1) is 40.5 Å². The number of nitrogens with one attached hydrogen (secondary N) is 1. The van der Waals surface area contributed by atoms with Crippen molar-refractivity contribution in [1.29, 1.82) is 0 Å². The number of fused-ring (bicyclic) bond motifs is 1. The quantitative estimate of drug-likeness (QED) is 0.0152. The van der Waals surface area contributed by atoms with Crippen molar-refractivity contribution in [3.63, 3.8) is 0 Å². The molecule has 5 aromatic heterocycles. The molecule has 0 fully saturated rings. The molecule has 1 amide bonds. The highest BCUT2D eigenvalue weighted by Crippen LogP contribution is 2.32. The molecule has 0 spiro atoms. The maximum Gasteiger partial charge on any atom is 0.342 e. The number of anilines is 1. The molecule has 5 aromatic rings. The predicted molar refractivity (Wildman–Crippen MR) is 286 cm³/mol. The van der Waals surface area contributed by atoms with Crippen LogP contribution in [0.15, 0.2) is 48.9 Å². The van der Waals surface area contributed by atoms with Crippen molar-refractivity contribution in [2.45, 2.75) is 72.3 Å². The lowest BCUT2D eigenvalue weighted by Crippen LogP contribution is -2.37. The van der Waals surface area contributed by atoms with E-state index in [9.17, 15) is 69.6 Å². The van der Waals surface area contributed by atoms with Crippen LogP contribution in [0.5, 0.6) is 0 Å². The molecular weight excluding hydrogens is 1240 g/mol. The number of aromatic nitrogens is 5. The number of esters is 4. The van der Waals surface area contributed by atoms with Crippen molar-refractivity contribution >= 4 is 151 Å². The van der Waals surface area contributed by atoms with E-state index in [2.05, 4.69) is 34.7 Å². The van der Waals surface area contributed by atoms with Crippen LogP contribution in [-0.4, -0.2) is 100 Å². The molecule has 1 atom stereocenters. The second-order valence-electron chi connectivity index (χ2n) is 15.8. The Morgan fingerprint density at radius 3 is 1.65 bits per heavy atom. The molecule has 0 saturated carbocycles. The Bertz CT molecular complexity index is 3140. The number of nitrogens with zero attached hydrogens (tertiary/aromatic N) is 9. The predicted octanol–water partition coefficient (Wildman–Crippen LogP) is 10.1. The molecule has 1 unspecified atom stereocenters. The summed E-state index contributed by atoms with van der Waals surface area (Å²) < 4.78 is 19.8. The summed E-state index contributed by atoms with van der Waals surface area (Å²) in [6.45, 7) is 9.97. The molecule has 0 saturated heterocycles. The van der Waals surface area contributed by atoms with E-state index in [0.717, 1.165) is 36.7 Å². The van der Waals surface area contributed by atoms with Crippen molar-refractivity contribution in [2.75, 3.05) is 25.1 Å². The third kappa shape index (κ3) is 22.2. The summed E-state index contributed by atoms with van der Waals surface area (Å²) >= 11 is 44.7. The Morgan fingerprint density at radius 1 is 0.650 bits per heavy atom. The Morgan fingerprint density at radius 2 is 1.14 bits per heavy atom. The average Bonchev–Trinajstić information content (AvgIpc) is 3.71. The van der Waals surface area contributed by atoms with E-state index in [4.69, 9.17) is 102 Å². The highest BCUT2D eigenvalue weighted by atomic mass is 35.5. The Balaban J connectivity index is 0.000000349. The number of nitro groups is 4. The minimum Gasteiger partial charge on any atom is -0.466 e. The van der Waals surface area contributed by atoms with Gasteiger partial charge in [-0.2, -0.15) is 0 Å². The number of hydrogen-bond donors (Lipinski definition) is 2. The lowest BCUT2D eigenvalue weighted by atomic mass is 10.0. The Hall–Kier alpha value is -7.18. The monoisotopic (exact) mass is 1280 g/mol. The van der Waals surface area contributed by atoms with Gasteiger partial charge in [0.25, 0.3) is 11.4 Å². The third-order valence-electron chi connectivity index (χ3n) is 8.81. The van der Waals surface area contributed by atoms with Crippen molar-refractivity contribution < 1.29 is 72.6 Å². The largest absolute Gasteiger partial charge is 0.466 e. The fraction of sp³-hybridized carbons (Fsp3) is 0.318. The minimum absolute atomic E-state index is 0.000478. The average molecular weight is 1280 g/mol. The lowest BCUT2D eigenvalue weighted by Gasteiger charge is -2.22. The molecule has 2 N–H and O–H groups in total. The van der Waals surface area contributed by atoms with Crippen molar-refractivity contribution in [3.05, 3.63) is 153 Å². The normalized spacial score (nSPS) is 11.3. The van der Waals surface area contributed by atoms with Crippen LogP contribution in [0.2, 0.25) is 40.6 Å². The molecule has 430 valence electrons. The van der Waals surface area contributed by atoms with Crippen molar-refractivity contribution in [1.82, 2.24) is 19.9 Å². The van der Waals surface area contributed by atoms with Gasteiger partial charge in [-0.15, -0.1) is 0 Å². The van der Waals surface area contributed by atoms with E-state index in [-0.39, 0.29) is 103 Å². The number of hydrogen-bond acceptors (Lipinski definition) is 22. The zero-order chi connectivity index (χ0) is 60.9. The first-order valence-corrected chi connectivity index (χ1v) is 24.9. The third-order valence-corrected chi connectivity index (χ3v) is 11.1. The van der Waals surface area contributed by atoms with Gasteiger partial charge in [-0.25, -0.2) is 15.0 Å². The summed E-state index contributed by atoms with van der Waals surface area (Å²) in [5.74, 6) is -4.96. The van der Waals surface area contributed by atoms with Crippen LogP contribution >= 0.6 is 92.8 Å². The molecule has 0 aromatic carbocycles. The maximum absolute atomic E-state index is 12.3. The highest BCUT2D eigenvalue weighted by molar-refractivity contribution is 6.42. The summed E-state index contributed by atoms with van der Waals surface area (Å²) in [4.78, 5) is 113. The maximum atomic E-state index is 12.3. The van der Waals surface area contributed by atoms with E-state index in [1.165, 1.54) is 6.20 Å². The van der Waals surface area contributed by atoms with Gasteiger partial charge >= 0.3 is 40.9 Å². The first-order valence-electron chi connectivity index (χ1n) is 21.9. The first kappa shape index (κ1) is 68.9. The smallest absolute Gasteiger partial charge is 0.342 e. The highest BCUT2D eigenvalue weighted by Gasteiger charge is 2.40. The number of rotatable bonds is 14. The Labute approximate surface area is 491 Å². The molecule has 1 aliphatic rings. The molecule has 0 bridgehead atoms. The molecule has 0 aliphatic carbocycles. The summed E-state index contributed by atoms with van der Waals surface area (Å²) in [6.07, 6.45) is 2.98. The fourth-order valence-electron chi connectivity index (χ4n) is 5.72. The van der Waals surface area contributed by atoms with Gasteiger partial charge in [-0.1, -0.05) is 92.8 Å². The number of carbonyl (C=O) groups excluding carboxylic acids is 5. The number of amides is 1. The van der Waals surface area contributed by atoms with Crippen LogP contribution < -0.4 is 10.0 Å². The minimum atomic E-state index is -1.66. The summed E-state index contributed by atoms with van der Waals surface area (Å²) in [6, 6.07) is 5.89. The lowest BCUT2D eigenvalue weighted by molar-refractivity contribution is -0.910. The SMILES string of the molecule is CCOC(=O)C(C(=O)OC(C)(C)C)c1ncc(Cl)cc1[N+](=O)[O-].CCOC(=O)Cc1c([N+](=O)[O-])cc(Cl)c[n+]1O.CCOC(=O)Cc1nc(Cl)c(Cl)cc1[N+](=O)[O-].O=C1Cc2nc(Cl)c(Cl)cc2N1.O=[N+]([O-])c1cc(Cl)cnc1Cl.